The number of nitro groups is 1. The van der Waals surface area contributed by atoms with Crippen molar-refractivity contribution in [2.45, 2.75) is 26.3 Å². The average molecular weight is 308 g/mol. The van der Waals surface area contributed by atoms with Crippen molar-refractivity contribution >= 4 is 23.4 Å². The van der Waals surface area contributed by atoms with Crippen LogP contribution in [0, 0.1) is 10.1 Å². The molecule has 0 N–H and O–H groups in total. The summed E-state index contributed by atoms with van der Waals surface area (Å²) in [5, 5.41) is 10.8. The molecular weight excluding hydrogens is 292 g/mol. The minimum Gasteiger partial charge on any atom is -0.464 e. The summed E-state index contributed by atoms with van der Waals surface area (Å²) in [7, 11) is 0. The van der Waals surface area contributed by atoms with E-state index in [1.807, 2.05) is 0 Å². The number of carbonyl (C=O) groups is 2. The van der Waals surface area contributed by atoms with Crippen molar-refractivity contribution in [3.63, 3.8) is 0 Å². The highest BCUT2D eigenvalue weighted by atomic mass is 16.6. The molecule has 8 nitrogen and oxygen atoms in total. The number of benzene rings is 1. The van der Waals surface area contributed by atoms with E-state index in [1.165, 1.54) is 30.0 Å². The molecular formula is C14H16N2O6. The van der Waals surface area contributed by atoms with Crippen LogP contribution in [0.25, 0.3) is 0 Å². The van der Waals surface area contributed by atoms with E-state index >= 15 is 0 Å². The summed E-state index contributed by atoms with van der Waals surface area (Å²) in [6, 6.07) is 3.84. The van der Waals surface area contributed by atoms with Crippen LogP contribution in [0.5, 0.6) is 0 Å². The van der Waals surface area contributed by atoms with Crippen molar-refractivity contribution < 1.29 is 24.0 Å². The summed E-state index contributed by atoms with van der Waals surface area (Å²) in [6.07, 6.45) is -0.199. The molecule has 1 heterocycles. The lowest BCUT2D eigenvalue weighted by atomic mass is 10.1. The minimum absolute atomic E-state index is 0.0105. The number of hydrogen-bond donors (Lipinski definition) is 0. The first-order valence-electron chi connectivity index (χ1n) is 6.80. The van der Waals surface area contributed by atoms with Gasteiger partial charge in [0.1, 0.15) is 6.61 Å². The number of amides is 1. The summed E-state index contributed by atoms with van der Waals surface area (Å²) in [6.45, 7) is 3.18. The van der Waals surface area contributed by atoms with Crippen LogP contribution in [-0.4, -0.2) is 36.2 Å². The Kier molecular flexibility index (Phi) is 4.59. The molecule has 0 unspecified atom stereocenters. The van der Waals surface area contributed by atoms with Gasteiger partial charge in [-0.05, 0) is 25.0 Å². The molecule has 118 valence electrons. The van der Waals surface area contributed by atoms with Crippen LogP contribution in [0.1, 0.15) is 19.4 Å². The first-order chi connectivity index (χ1) is 10.4. The average Bonchev–Trinajstić information content (AvgIpc) is 2.82. The van der Waals surface area contributed by atoms with E-state index in [-0.39, 0.29) is 18.9 Å². The maximum absolute atomic E-state index is 12.1. The SMILES string of the molecule is CCOC(=O)N1c2ccc([N+](=O)[O-])cc2C[C@H]1COC(C)=O. The maximum atomic E-state index is 12.1. The summed E-state index contributed by atoms with van der Waals surface area (Å²) in [4.78, 5) is 34.8. The Bertz CT molecular complexity index is 615. The monoisotopic (exact) mass is 308 g/mol. The Balaban J connectivity index is 2.31. The number of ether oxygens (including phenoxy) is 2. The molecule has 0 aliphatic carbocycles. The first kappa shape index (κ1) is 15.7. The Hall–Kier alpha value is -2.64. The number of fused-ring (bicyclic) bond motifs is 1. The van der Waals surface area contributed by atoms with Gasteiger partial charge in [0, 0.05) is 19.1 Å². The molecule has 1 aliphatic heterocycles. The molecule has 2 rings (SSSR count). The number of rotatable bonds is 4. The molecule has 1 atom stereocenters. The smallest absolute Gasteiger partial charge is 0.414 e. The van der Waals surface area contributed by atoms with E-state index in [9.17, 15) is 19.7 Å². The third-order valence-corrected chi connectivity index (χ3v) is 3.30. The highest BCUT2D eigenvalue weighted by Crippen LogP contribution is 2.35. The predicted octanol–water partition coefficient (Wildman–Crippen LogP) is 2.05. The lowest BCUT2D eigenvalue weighted by Gasteiger charge is -2.24. The van der Waals surface area contributed by atoms with Crippen LogP contribution in [0.2, 0.25) is 0 Å². The van der Waals surface area contributed by atoms with Gasteiger partial charge in [-0.25, -0.2) is 4.79 Å². The minimum atomic E-state index is -0.563. The van der Waals surface area contributed by atoms with Gasteiger partial charge >= 0.3 is 12.1 Å². The van der Waals surface area contributed by atoms with Crippen molar-refractivity contribution in [3.05, 3.63) is 33.9 Å². The van der Waals surface area contributed by atoms with Gasteiger partial charge in [0.05, 0.1) is 23.3 Å². The summed E-state index contributed by atoms with van der Waals surface area (Å²) < 4.78 is 9.98. The summed E-state index contributed by atoms with van der Waals surface area (Å²) in [5.41, 5.74) is 1.15. The first-order valence-corrected chi connectivity index (χ1v) is 6.80. The molecule has 1 aliphatic rings. The van der Waals surface area contributed by atoms with Crippen LogP contribution < -0.4 is 4.90 Å². The summed E-state index contributed by atoms with van der Waals surface area (Å²) in [5.74, 6) is -0.453. The number of nitrogens with zero attached hydrogens (tertiary/aromatic N) is 2. The van der Waals surface area contributed by atoms with E-state index < -0.39 is 23.0 Å². The quantitative estimate of drug-likeness (QED) is 0.479. The molecule has 0 bridgehead atoms. The normalized spacial score (nSPS) is 16.1. The molecule has 0 aromatic heterocycles. The fourth-order valence-corrected chi connectivity index (χ4v) is 2.41. The van der Waals surface area contributed by atoms with Gasteiger partial charge < -0.3 is 9.47 Å². The fraction of sp³-hybridized carbons (Fsp3) is 0.429. The number of carbonyl (C=O) groups excluding carboxylic acids is 2. The van der Waals surface area contributed by atoms with Crippen LogP contribution in [0.15, 0.2) is 18.2 Å². The second-order valence-corrected chi connectivity index (χ2v) is 4.80. The number of non-ortho nitro benzene ring substituents is 1. The Morgan fingerprint density at radius 3 is 2.73 bits per heavy atom. The highest BCUT2D eigenvalue weighted by Gasteiger charge is 2.36. The van der Waals surface area contributed by atoms with Crippen molar-refractivity contribution in [2.75, 3.05) is 18.1 Å². The molecule has 8 heteroatoms. The second-order valence-electron chi connectivity index (χ2n) is 4.80. The van der Waals surface area contributed by atoms with Crippen LogP contribution >= 0.6 is 0 Å². The number of nitro benzene ring substituents is 1. The molecule has 0 radical (unpaired) electrons. The van der Waals surface area contributed by atoms with Gasteiger partial charge in [0.2, 0.25) is 0 Å². The fourth-order valence-electron chi connectivity index (χ4n) is 2.41. The van der Waals surface area contributed by atoms with Crippen molar-refractivity contribution in [3.8, 4) is 0 Å². The molecule has 0 spiro atoms. The molecule has 1 aromatic rings. The van der Waals surface area contributed by atoms with Gasteiger partial charge in [0.25, 0.3) is 5.69 Å². The zero-order chi connectivity index (χ0) is 16.3. The molecule has 0 fully saturated rings. The van der Waals surface area contributed by atoms with Crippen LogP contribution in [0.3, 0.4) is 0 Å². The highest BCUT2D eigenvalue weighted by molar-refractivity contribution is 5.91. The van der Waals surface area contributed by atoms with Gasteiger partial charge in [-0.2, -0.15) is 0 Å². The molecule has 0 saturated carbocycles. The van der Waals surface area contributed by atoms with E-state index in [1.54, 1.807) is 6.92 Å². The van der Waals surface area contributed by atoms with Crippen molar-refractivity contribution in [2.24, 2.45) is 0 Å². The largest absolute Gasteiger partial charge is 0.464 e. The molecule has 1 amide bonds. The van der Waals surface area contributed by atoms with E-state index in [2.05, 4.69) is 0 Å². The van der Waals surface area contributed by atoms with Crippen molar-refractivity contribution in [1.29, 1.82) is 0 Å². The lowest BCUT2D eigenvalue weighted by molar-refractivity contribution is -0.384. The summed E-state index contributed by atoms with van der Waals surface area (Å²) >= 11 is 0. The molecule has 0 saturated heterocycles. The lowest BCUT2D eigenvalue weighted by Crippen LogP contribution is -2.41. The standard InChI is InChI=1S/C14H16N2O6/c1-3-21-14(18)15-12(8-22-9(2)17)7-10-6-11(16(19)20)4-5-13(10)15/h4-6,12H,3,7-8H2,1-2H3/t12-/m0/s1. The van der Waals surface area contributed by atoms with Crippen LogP contribution in [0.4, 0.5) is 16.2 Å². The number of hydrogen-bond acceptors (Lipinski definition) is 6. The van der Waals surface area contributed by atoms with E-state index in [0.29, 0.717) is 17.7 Å². The third kappa shape index (κ3) is 3.16. The second kappa shape index (κ2) is 6.42. The molecule has 1 aromatic carbocycles. The van der Waals surface area contributed by atoms with Gasteiger partial charge in [-0.1, -0.05) is 0 Å². The Labute approximate surface area is 126 Å². The van der Waals surface area contributed by atoms with Crippen molar-refractivity contribution in [1.82, 2.24) is 0 Å². The van der Waals surface area contributed by atoms with E-state index in [0.717, 1.165) is 0 Å². The predicted molar refractivity (Wildman–Crippen MR) is 76.7 cm³/mol. The van der Waals surface area contributed by atoms with E-state index in [4.69, 9.17) is 9.47 Å². The maximum Gasteiger partial charge on any atom is 0.414 e. The van der Waals surface area contributed by atoms with Gasteiger partial charge in [-0.3, -0.25) is 19.8 Å². The Morgan fingerprint density at radius 1 is 1.41 bits per heavy atom. The molecule has 22 heavy (non-hydrogen) atoms. The zero-order valence-corrected chi connectivity index (χ0v) is 12.3. The van der Waals surface area contributed by atoms with Gasteiger partial charge in [0.15, 0.2) is 0 Å². The topological polar surface area (TPSA) is 99.0 Å². The third-order valence-electron chi connectivity index (χ3n) is 3.30. The van der Waals surface area contributed by atoms with Gasteiger partial charge in [-0.15, -0.1) is 0 Å². The van der Waals surface area contributed by atoms with Crippen LogP contribution in [-0.2, 0) is 20.7 Å². The number of esters is 1. The Morgan fingerprint density at radius 2 is 2.14 bits per heavy atom. The zero-order valence-electron chi connectivity index (χ0n) is 12.3. The number of anilines is 1.